The normalized spacial score (nSPS) is 12.4. The van der Waals surface area contributed by atoms with Crippen molar-refractivity contribution in [1.82, 2.24) is 0 Å². The molecule has 0 aliphatic rings. The van der Waals surface area contributed by atoms with Gasteiger partial charge in [-0.1, -0.05) is 23.2 Å². The average molecular weight is 440 g/mol. The number of nitrogens with zero attached hydrogens (tertiary/aromatic N) is 1. The lowest BCUT2D eigenvalue weighted by molar-refractivity contribution is -0.386. The molecule has 1 N–H and O–H groups in total. The minimum atomic E-state index is -4.67. The molecular weight excluding hydrogens is 430 g/mol. The van der Waals surface area contributed by atoms with Crippen LogP contribution in [0.5, 0.6) is 17.2 Å². The minimum absolute atomic E-state index is 0.123. The zero-order chi connectivity index (χ0) is 21.2. The minimum Gasteiger partial charge on any atom is -0.479 e. The highest BCUT2D eigenvalue weighted by Gasteiger charge is 2.32. The summed E-state index contributed by atoms with van der Waals surface area (Å²) < 4.78 is 48.7. The van der Waals surface area contributed by atoms with Crippen molar-refractivity contribution in [3.05, 3.63) is 56.1 Å². The number of nitro groups is 1. The van der Waals surface area contributed by atoms with E-state index >= 15 is 0 Å². The number of benzene rings is 2. The average Bonchev–Trinajstić information content (AvgIpc) is 2.56. The maximum atomic E-state index is 12.8. The second kappa shape index (κ2) is 8.11. The Kier molecular flexibility index (Phi) is 6.25. The Labute approximate surface area is 165 Å². The number of carboxylic acid groups (broad SMARTS) is 1. The highest BCUT2D eigenvalue weighted by atomic mass is 35.5. The summed E-state index contributed by atoms with van der Waals surface area (Å²) in [7, 11) is 0. The van der Waals surface area contributed by atoms with Gasteiger partial charge in [0.05, 0.1) is 20.5 Å². The van der Waals surface area contributed by atoms with Crippen LogP contribution in [0.1, 0.15) is 12.5 Å². The number of rotatable bonds is 6. The smallest absolute Gasteiger partial charge is 0.416 e. The number of carbonyl (C=O) groups is 1. The highest BCUT2D eigenvalue weighted by Crippen LogP contribution is 2.43. The number of hydrogen-bond acceptors (Lipinski definition) is 5. The molecule has 2 aromatic rings. The molecule has 0 heterocycles. The monoisotopic (exact) mass is 439 g/mol. The van der Waals surface area contributed by atoms with E-state index in [1.54, 1.807) is 0 Å². The van der Waals surface area contributed by atoms with E-state index in [2.05, 4.69) is 0 Å². The number of carboxylic acids is 1. The molecule has 0 aliphatic heterocycles. The van der Waals surface area contributed by atoms with Gasteiger partial charge < -0.3 is 14.6 Å². The van der Waals surface area contributed by atoms with E-state index in [1.807, 2.05) is 0 Å². The topological polar surface area (TPSA) is 98.9 Å². The van der Waals surface area contributed by atoms with E-state index in [1.165, 1.54) is 0 Å². The van der Waals surface area contributed by atoms with E-state index < -0.39 is 50.2 Å². The SMILES string of the molecule is C[C@@H](Oc1cc(Oc2c(Cl)cc(C(F)(F)F)cc2Cl)ccc1[N+](=O)[O-])C(=O)O. The van der Waals surface area contributed by atoms with Crippen LogP contribution < -0.4 is 9.47 Å². The number of hydrogen-bond donors (Lipinski definition) is 1. The van der Waals surface area contributed by atoms with Gasteiger partial charge in [0.2, 0.25) is 5.75 Å². The first-order valence-electron chi connectivity index (χ1n) is 7.32. The fourth-order valence-electron chi connectivity index (χ4n) is 1.98. The first-order valence-corrected chi connectivity index (χ1v) is 8.07. The molecule has 0 spiro atoms. The van der Waals surface area contributed by atoms with E-state index in [-0.39, 0.29) is 11.5 Å². The Hall–Kier alpha value is -2.72. The molecular formula is C16H10Cl2F3NO6. The molecule has 2 aromatic carbocycles. The number of alkyl halides is 3. The summed E-state index contributed by atoms with van der Waals surface area (Å²) in [6.45, 7) is 1.16. The molecule has 2 rings (SSSR count). The van der Waals surface area contributed by atoms with Crippen molar-refractivity contribution in [1.29, 1.82) is 0 Å². The lowest BCUT2D eigenvalue weighted by Crippen LogP contribution is -2.23. The van der Waals surface area contributed by atoms with Crippen LogP contribution in [0.4, 0.5) is 18.9 Å². The molecule has 0 bridgehead atoms. The summed E-state index contributed by atoms with van der Waals surface area (Å²) in [5.74, 6) is -2.23. The standard InChI is InChI=1S/C16H10Cl2F3NO6/c1-7(15(23)24)27-13-6-9(2-3-12(13)22(25)26)28-14-10(17)4-8(5-11(14)18)16(19,20)21/h2-7H,1H3,(H,23,24)/t7-/m1/s1. The Morgan fingerprint density at radius 1 is 1.21 bits per heavy atom. The maximum absolute atomic E-state index is 12.8. The molecule has 150 valence electrons. The molecule has 7 nitrogen and oxygen atoms in total. The van der Waals surface area contributed by atoms with Crippen LogP contribution in [0, 0.1) is 10.1 Å². The van der Waals surface area contributed by atoms with Gasteiger partial charge in [-0.25, -0.2) is 4.79 Å². The summed E-state index contributed by atoms with van der Waals surface area (Å²) in [5.41, 5.74) is -1.62. The number of nitro benzene ring substituents is 1. The fraction of sp³-hybridized carbons (Fsp3) is 0.188. The van der Waals surface area contributed by atoms with Crippen LogP contribution in [0.2, 0.25) is 10.0 Å². The van der Waals surface area contributed by atoms with Gasteiger partial charge in [-0.15, -0.1) is 0 Å². The van der Waals surface area contributed by atoms with Crippen molar-refractivity contribution < 1.29 is 37.5 Å². The van der Waals surface area contributed by atoms with Gasteiger partial charge in [0.25, 0.3) is 0 Å². The molecule has 28 heavy (non-hydrogen) atoms. The first kappa shape index (κ1) is 21.6. The number of ether oxygens (including phenoxy) is 2. The molecule has 0 unspecified atom stereocenters. The molecule has 0 saturated carbocycles. The van der Waals surface area contributed by atoms with Crippen LogP contribution in [-0.2, 0) is 11.0 Å². The highest BCUT2D eigenvalue weighted by molar-refractivity contribution is 6.37. The molecule has 0 aromatic heterocycles. The maximum Gasteiger partial charge on any atom is 0.416 e. The third-order valence-electron chi connectivity index (χ3n) is 3.33. The lowest BCUT2D eigenvalue weighted by atomic mass is 10.2. The Morgan fingerprint density at radius 2 is 1.79 bits per heavy atom. The number of halogens is 5. The largest absolute Gasteiger partial charge is 0.479 e. The number of aliphatic carboxylic acids is 1. The van der Waals surface area contributed by atoms with Crippen LogP contribution >= 0.6 is 23.2 Å². The third kappa shape index (κ3) is 4.96. The summed E-state index contributed by atoms with van der Waals surface area (Å²) in [4.78, 5) is 21.2. The van der Waals surface area contributed by atoms with Crippen molar-refractivity contribution in [2.75, 3.05) is 0 Å². The molecule has 12 heteroatoms. The quantitative estimate of drug-likeness (QED) is 0.466. The summed E-state index contributed by atoms with van der Waals surface area (Å²) >= 11 is 11.6. The Balaban J connectivity index is 2.42. The van der Waals surface area contributed by atoms with Gasteiger partial charge >= 0.3 is 17.8 Å². The van der Waals surface area contributed by atoms with Crippen LogP contribution in [0.15, 0.2) is 30.3 Å². The van der Waals surface area contributed by atoms with Crippen molar-refractivity contribution in [2.45, 2.75) is 19.2 Å². The van der Waals surface area contributed by atoms with Crippen molar-refractivity contribution in [2.24, 2.45) is 0 Å². The van der Waals surface area contributed by atoms with Crippen molar-refractivity contribution in [3.8, 4) is 17.2 Å². The zero-order valence-corrected chi connectivity index (χ0v) is 15.3. The van der Waals surface area contributed by atoms with Crippen LogP contribution in [0.25, 0.3) is 0 Å². The third-order valence-corrected chi connectivity index (χ3v) is 3.89. The van der Waals surface area contributed by atoms with Crippen molar-refractivity contribution in [3.63, 3.8) is 0 Å². The van der Waals surface area contributed by atoms with Crippen LogP contribution in [-0.4, -0.2) is 22.1 Å². The Morgan fingerprint density at radius 3 is 2.25 bits per heavy atom. The molecule has 0 aliphatic carbocycles. The van der Waals surface area contributed by atoms with Crippen molar-refractivity contribution >= 4 is 34.9 Å². The van der Waals surface area contributed by atoms with E-state index in [0.717, 1.165) is 25.1 Å². The molecule has 1 atom stereocenters. The summed E-state index contributed by atoms with van der Waals surface area (Å²) in [5, 5.41) is 19.1. The second-order valence-corrected chi connectivity index (χ2v) is 6.17. The summed E-state index contributed by atoms with van der Waals surface area (Å²) in [6, 6.07) is 4.32. The van der Waals surface area contributed by atoms with Crippen LogP contribution in [0.3, 0.4) is 0 Å². The molecule has 0 radical (unpaired) electrons. The molecule has 0 saturated heterocycles. The molecule has 0 amide bonds. The van der Waals surface area contributed by atoms with E-state index in [4.69, 9.17) is 37.8 Å². The zero-order valence-electron chi connectivity index (χ0n) is 13.8. The summed E-state index contributed by atoms with van der Waals surface area (Å²) in [6.07, 6.45) is -6.08. The first-order chi connectivity index (χ1) is 12.9. The predicted molar refractivity (Wildman–Crippen MR) is 92.4 cm³/mol. The van der Waals surface area contributed by atoms with Gasteiger partial charge in [0, 0.05) is 12.1 Å². The lowest BCUT2D eigenvalue weighted by Gasteiger charge is -2.15. The van der Waals surface area contributed by atoms with Gasteiger partial charge in [0.15, 0.2) is 11.9 Å². The molecule has 0 fully saturated rings. The van der Waals surface area contributed by atoms with Gasteiger partial charge in [-0.05, 0) is 25.1 Å². The van der Waals surface area contributed by atoms with Gasteiger partial charge in [-0.2, -0.15) is 13.2 Å². The Bertz CT molecular complexity index is 912. The predicted octanol–water partition coefficient (Wildman–Crippen LogP) is 5.56. The van der Waals surface area contributed by atoms with E-state index in [9.17, 15) is 28.1 Å². The van der Waals surface area contributed by atoms with Gasteiger partial charge in [-0.3, -0.25) is 10.1 Å². The van der Waals surface area contributed by atoms with Gasteiger partial charge in [0.1, 0.15) is 5.75 Å². The van der Waals surface area contributed by atoms with E-state index in [0.29, 0.717) is 12.1 Å². The second-order valence-electron chi connectivity index (χ2n) is 5.35. The fourth-order valence-corrected chi connectivity index (χ4v) is 2.55.